The molecule has 0 amide bonds. The van der Waals surface area contributed by atoms with E-state index in [9.17, 15) is 8.42 Å². The van der Waals surface area contributed by atoms with Gasteiger partial charge in [0.25, 0.3) is 0 Å². The van der Waals surface area contributed by atoms with Crippen LogP contribution in [0.15, 0.2) is 59.8 Å². The first-order chi connectivity index (χ1) is 18.3. The first-order valence-electron chi connectivity index (χ1n) is 12.5. The minimum atomic E-state index is -3.69. The van der Waals surface area contributed by atoms with Gasteiger partial charge in [0.05, 0.1) is 36.5 Å². The van der Waals surface area contributed by atoms with Gasteiger partial charge in [0.15, 0.2) is 20.8 Å². The summed E-state index contributed by atoms with van der Waals surface area (Å²) in [5.41, 5.74) is 2.02. The van der Waals surface area contributed by atoms with Crippen LogP contribution in [0.1, 0.15) is 25.5 Å². The molecule has 1 saturated carbocycles. The Morgan fingerprint density at radius 2 is 1.92 bits per heavy atom. The van der Waals surface area contributed by atoms with E-state index in [4.69, 9.17) is 32.0 Å². The molecule has 1 saturated heterocycles. The highest BCUT2D eigenvalue weighted by molar-refractivity contribution is 7.92. The lowest BCUT2D eigenvalue weighted by Gasteiger charge is -2.34. The molecular weight excluding hydrogens is 524 g/mol. The van der Waals surface area contributed by atoms with E-state index in [1.54, 1.807) is 0 Å². The van der Waals surface area contributed by atoms with Crippen molar-refractivity contribution in [3.05, 3.63) is 60.6 Å². The maximum Gasteiger partial charge on any atom is 0.189 e. The third kappa shape index (κ3) is 5.21. The maximum absolute atomic E-state index is 13.8. The molecule has 1 aliphatic carbocycles. The average molecular weight is 555 g/mol. The lowest BCUT2D eigenvalue weighted by molar-refractivity contribution is 0.0985. The van der Waals surface area contributed by atoms with Crippen molar-refractivity contribution in [3.8, 4) is 11.4 Å². The number of sulfone groups is 1. The number of aliphatic hydroxyl groups is 1. The van der Waals surface area contributed by atoms with Gasteiger partial charge in [-0.1, -0.05) is 0 Å². The predicted octanol–water partition coefficient (Wildman–Crippen LogP) is 2.51. The van der Waals surface area contributed by atoms with Gasteiger partial charge in [0, 0.05) is 42.8 Å². The lowest BCUT2D eigenvalue weighted by Crippen LogP contribution is -2.44. The summed E-state index contributed by atoms with van der Waals surface area (Å²) < 4.78 is 32.1. The van der Waals surface area contributed by atoms with Crippen LogP contribution in [-0.2, 0) is 19.3 Å². The third-order valence-corrected chi connectivity index (χ3v) is 9.60. The van der Waals surface area contributed by atoms with Crippen molar-refractivity contribution in [2.24, 2.45) is 0 Å². The second kappa shape index (κ2) is 10.9. The van der Waals surface area contributed by atoms with Crippen molar-refractivity contribution >= 4 is 38.7 Å². The fourth-order valence-electron chi connectivity index (χ4n) is 4.58. The summed E-state index contributed by atoms with van der Waals surface area (Å²) in [6.45, 7) is 4.20. The van der Waals surface area contributed by atoms with E-state index in [0.717, 1.165) is 11.3 Å². The molecule has 12 heteroatoms. The zero-order chi connectivity index (χ0) is 26.8. The number of hydrogen-bond donors (Lipinski definition) is 3. The van der Waals surface area contributed by atoms with Gasteiger partial charge < -0.3 is 25.4 Å². The molecule has 2 fully saturated rings. The van der Waals surface area contributed by atoms with Crippen LogP contribution < -0.4 is 15.5 Å². The number of pyridine rings is 1. The Balaban J connectivity index is 1.53. The summed E-state index contributed by atoms with van der Waals surface area (Å²) in [5, 5.41) is 15.3. The number of anilines is 2. The minimum Gasteiger partial charge on any atom is -0.395 e. The Hall–Kier alpha value is -3.19. The number of benzene rings is 1. The van der Waals surface area contributed by atoms with Gasteiger partial charge in [0.2, 0.25) is 0 Å². The third-order valence-electron chi connectivity index (χ3n) is 6.82. The van der Waals surface area contributed by atoms with E-state index in [1.165, 1.54) is 24.5 Å². The van der Waals surface area contributed by atoms with Crippen molar-refractivity contribution in [1.82, 2.24) is 20.3 Å². The molecule has 3 aromatic rings. The van der Waals surface area contributed by atoms with E-state index >= 15 is 0 Å². The van der Waals surface area contributed by atoms with Crippen molar-refractivity contribution in [3.63, 3.8) is 0 Å². The number of hydrogen-bond acceptors (Lipinski definition) is 9. The van der Waals surface area contributed by atoms with E-state index in [2.05, 4.69) is 27.4 Å². The van der Waals surface area contributed by atoms with Crippen molar-refractivity contribution in [2.45, 2.75) is 35.4 Å². The van der Waals surface area contributed by atoms with Crippen LogP contribution >= 0.6 is 12.2 Å². The molecule has 3 heterocycles. The standard InChI is InChI=1S/C26H30N6O4S2/c1-18-17-36-15-13-32(18)23-16-22(26(8-9-26)38(34,35)21-6-10-27-11-7-21)30-24(31-23)19-2-4-20(5-3-19)29-25(37)28-12-14-33/h2-7,10-11,16,18,33H,8-9,12-15,17H2,1H3,(H2,28,29,37)/t18-/m0/s1. The quantitative estimate of drug-likeness (QED) is 0.355. The molecule has 0 bridgehead atoms. The molecule has 0 radical (unpaired) electrons. The topological polar surface area (TPSA) is 130 Å². The van der Waals surface area contributed by atoms with Crippen LogP contribution in [0.5, 0.6) is 0 Å². The highest BCUT2D eigenvalue weighted by Crippen LogP contribution is 2.55. The number of nitrogens with one attached hydrogen (secondary N) is 2. The molecule has 38 heavy (non-hydrogen) atoms. The van der Waals surface area contributed by atoms with Crippen molar-refractivity contribution in [1.29, 1.82) is 0 Å². The van der Waals surface area contributed by atoms with Gasteiger partial charge in [-0.3, -0.25) is 4.98 Å². The number of aromatic nitrogens is 3. The van der Waals surface area contributed by atoms with Crippen molar-refractivity contribution < 1.29 is 18.3 Å². The van der Waals surface area contributed by atoms with E-state index in [1.807, 2.05) is 30.3 Å². The van der Waals surface area contributed by atoms with E-state index in [-0.39, 0.29) is 17.5 Å². The van der Waals surface area contributed by atoms with E-state index in [0.29, 0.717) is 61.6 Å². The summed E-state index contributed by atoms with van der Waals surface area (Å²) in [5.74, 6) is 1.15. The molecule has 1 aromatic carbocycles. The summed E-state index contributed by atoms with van der Waals surface area (Å²) in [6.07, 6.45) is 3.98. The maximum atomic E-state index is 13.8. The summed E-state index contributed by atoms with van der Waals surface area (Å²) in [6, 6.07) is 12.5. The number of thiocarbonyl (C=S) groups is 1. The second-order valence-electron chi connectivity index (χ2n) is 9.41. The van der Waals surface area contributed by atoms with Gasteiger partial charge in [-0.2, -0.15) is 0 Å². The largest absolute Gasteiger partial charge is 0.395 e. The zero-order valence-corrected chi connectivity index (χ0v) is 22.6. The summed E-state index contributed by atoms with van der Waals surface area (Å²) >= 11 is 5.23. The minimum absolute atomic E-state index is 0.0170. The predicted molar refractivity (Wildman–Crippen MR) is 149 cm³/mol. The molecular formula is C26H30N6O4S2. The molecule has 2 aromatic heterocycles. The van der Waals surface area contributed by atoms with Crippen LogP contribution in [0, 0.1) is 0 Å². The second-order valence-corrected chi connectivity index (χ2v) is 12.1. The highest BCUT2D eigenvalue weighted by Gasteiger charge is 2.58. The van der Waals surface area contributed by atoms with Gasteiger partial charge in [-0.25, -0.2) is 18.4 Å². The van der Waals surface area contributed by atoms with Crippen molar-refractivity contribution in [2.75, 3.05) is 43.1 Å². The average Bonchev–Trinajstić information content (AvgIpc) is 3.76. The molecule has 5 rings (SSSR count). The monoisotopic (exact) mass is 554 g/mol. The first-order valence-corrected chi connectivity index (χ1v) is 14.4. The Morgan fingerprint density at radius 3 is 2.58 bits per heavy atom. The fourth-order valence-corrected chi connectivity index (χ4v) is 6.75. The first kappa shape index (κ1) is 26.4. The Bertz CT molecular complexity index is 1400. The summed E-state index contributed by atoms with van der Waals surface area (Å²) in [7, 11) is -3.69. The van der Waals surface area contributed by atoms with E-state index < -0.39 is 14.6 Å². The Kier molecular flexibility index (Phi) is 7.57. The van der Waals surface area contributed by atoms with Crippen LogP contribution in [0.25, 0.3) is 11.4 Å². The fraction of sp³-hybridized carbons (Fsp3) is 0.385. The molecule has 3 N–H and O–H groups in total. The number of rotatable bonds is 8. The van der Waals surface area contributed by atoms with Crippen LogP contribution in [0.3, 0.4) is 0 Å². The number of nitrogens with zero attached hydrogens (tertiary/aromatic N) is 4. The zero-order valence-electron chi connectivity index (χ0n) is 21.0. The number of ether oxygens (including phenoxy) is 1. The molecule has 0 unspecified atom stereocenters. The molecule has 1 aliphatic heterocycles. The summed E-state index contributed by atoms with van der Waals surface area (Å²) in [4.78, 5) is 16.1. The Labute approximate surface area is 227 Å². The lowest BCUT2D eigenvalue weighted by atomic mass is 10.1. The van der Waals surface area contributed by atoms with Crippen LogP contribution in [0.4, 0.5) is 11.5 Å². The molecule has 200 valence electrons. The highest BCUT2D eigenvalue weighted by atomic mass is 32.2. The van der Waals surface area contributed by atoms with Gasteiger partial charge in [0.1, 0.15) is 10.6 Å². The Morgan fingerprint density at radius 1 is 1.18 bits per heavy atom. The SMILES string of the molecule is C[C@H]1COCCN1c1cc(C2(S(=O)(=O)c3ccncc3)CC2)nc(-c2ccc(NC(=S)NCCO)cc2)n1. The van der Waals surface area contributed by atoms with Gasteiger partial charge in [-0.15, -0.1) is 0 Å². The van der Waals surface area contributed by atoms with Gasteiger partial charge in [-0.05, 0) is 68.4 Å². The smallest absolute Gasteiger partial charge is 0.189 e. The number of morpholine rings is 1. The molecule has 1 atom stereocenters. The molecule has 10 nitrogen and oxygen atoms in total. The van der Waals surface area contributed by atoms with Crippen LogP contribution in [-0.4, -0.2) is 72.5 Å². The van der Waals surface area contributed by atoms with Gasteiger partial charge >= 0.3 is 0 Å². The molecule has 0 spiro atoms. The number of aliphatic hydroxyl groups excluding tert-OH is 1. The van der Waals surface area contributed by atoms with Crippen LogP contribution in [0.2, 0.25) is 0 Å². The normalized spacial score (nSPS) is 18.6. The molecule has 2 aliphatic rings.